The summed E-state index contributed by atoms with van der Waals surface area (Å²) in [4.78, 5) is 15.4. The van der Waals surface area contributed by atoms with Crippen LogP contribution < -0.4 is 4.90 Å². The van der Waals surface area contributed by atoms with E-state index in [0.717, 1.165) is 45.1 Å². The van der Waals surface area contributed by atoms with Crippen LogP contribution in [0.15, 0.2) is 41.7 Å². The number of allylic oxidation sites excluding steroid dienone is 4. The van der Waals surface area contributed by atoms with E-state index in [-0.39, 0.29) is 10.8 Å². The number of carbonyl (C=O) groups is 1. The molecule has 1 spiro atoms. The molecule has 2 unspecified atom stereocenters. The quantitative estimate of drug-likeness (QED) is 0.584. The number of anilines is 1. The van der Waals surface area contributed by atoms with Gasteiger partial charge >= 0.3 is 0 Å². The second-order valence-corrected chi connectivity index (χ2v) is 11.5. The Labute approximate surface area is 192 Å². The maximum absolute atomic E-state index is 13.2. The summed E-state index contributed by atoms with van der Waals surface area (Å²) in [6.07, 6.45) is 12.4. The Morgan fingerprint density at radius 1 is 1.22 bits per heavy atom. The Bertz CT molecular complexity index is 1040. The van der Waals surface area contributed by atoms with Gasteiger partial charge in [0.1, 0.15) is 5.78 Å². The molecule has 5 aliphatic carbocycles. The van der Waals surface area contributed by atoms with Gasteiger partial charge < -0.3 is 9.64 Å². The lowest BCUT2D eigenvalue weighted by Crippen LogP contribution is -2.56. The summed E-state index contributed by atoms with van der Waals surface area (Å²) in [5.41, 5.74) is 5.95. The topological polar surface area (TPSA) is 29.5 Å². The molecule has 1 aromatic carbocycles. The molecule has 3 nitrogen and oxygen atoms in total. The monoisotopic (exact) mass is 431 g/mol. The maximum atomic E-state index is 13.2. The van der Waals surface area contributed by atoms with Gasteiger partial charge in [-0.2, -0.15) is 0 Å². The molecule has 0 radical (unpaired) electrons. The van der Waals surface area contributed by atoms with Gasteiger partial charge in [-0.05, 0) is 97.6 Å². The van der Waals surface area contributed by atoms with E-state index in [4.69, 9.17) is 4.74 Å². The summed E-state index contributed by atoms with van der Waals surface area (Å²) in [7, 11) is 4.27. The average Bonchev–Trinajstić information content (AvgIpc) is 3.07. The van der Waals surface area contributed by atoms with Crippen molar-refractivity contribution in [1.82, 2.24) is 0 Å². The molecule has 0 amide bonds. The second kappa shape index (κ2) is 6.98. The van der Waals surface area contributed by atoms with Crippen molar-refractivity contribution in [2.75, 3.05) is 25.6 Å². The van der Waals surface area contributed by atoms with Gasteiger partial charge in [-0.1, -0.05) is 19.1 Å². The van der Waals surface area contributed by atoms with E-state index in [9.17, 15) is 4.79 Å². The highest BCUT2D eigenvalue weighted by Crippen LogP contribution is 2.70. The van der Waals surface area contributed by atoms with Crippen LogP contribution in [0.1, 0.15) is 69.4 Å². The summed E-state index contributed by atoms with van der Waals surface area (Å²) in [5.74, 6) is 4.05. The van der Waals surface area contributed by atoms with Crippen molar-refractivity contribution < 1.29 is 9.53 Å². The predicted molar refractivity (Wildman–Crippen MR) is 129 cm³/mol. The van der Waals surface area contributed by atoms with Crippen LogP contribution in [0.5, 0.6) is 0 Å². The first-order chi connectivity index (χ1) is 15.4. The number of ketones is 1. The molecule has 2 saturated carbocycles. The molecule has 32 heavy (non-hydrogen) atoms. The van der Waals surface area contributed by atoms with Crippen molar-refractivity contribution in [2.24, 2.45) is 28.6 Å². The number of Topliss-reactive ketones (excluding diaryl/α,β-unsaturated/α-hetero) is 1. The Balaban J connectivity index is 1.54. The minimum Gasteiger partial charge on any atom is -0.498 e. The third-order valence-electron chi connectivity index (χ3n) is 10.0. The van der Waals surface area contributed by atoms with Crippen molar-refractivity contribution in [1.29, 1.82) is 0 Å². The number of rotatable bonds is 3. The molecule has 170 valence electrons. The average molecular weight is 432 g/mol. The molecule has 5 aliphatic rings. The molecule has 2 fully saturated rings. The van der Waals surface area contributed by atoms with E-state index in [1.165, 1.54) is 34.6 Å². The van der Waals surface area contributed by atoms with E-state index in [0.29, 0.717) is 29.5 Å². The van der Waals surface area contributed by atoms with Crippen LogP contribution in [0.3, 0.4) is 0 Å². The lowest BCUT2D eigenvalue weighted by Gasteiger charge is -2.62. The van der Waals surface area contributed by atoms with Crippen molar-refractivity contribution in [2.45, 2.75) is 64.7 Å². The highest BCUT2D eigenvalue weighted by atomic mass is 16.5. The van der Waals surface area contributed by atoms with Gasteiger partial charge in [0.15, 0.2) is 0 Å². The molecule has 0 heterocycles. The summed E-state index contributed by atoms with van der Waals surface area (Å²) >= 11 is 0. The molecule has 6 rings (SSSR count). The molecular weight excluding hydrogens is 394 g/mol. The second-order valence-electron chi connectivity index (χ2n) is 11.5. The largest absolute Gasteiger partial charge is 0.498 e. The van der Waals surface area contributed by atoms with Gasteiger partial charge in [-0.3, -0.25) is 4.79 Å². The molecule has 3 heteroatoms. The van der Waals surface area contributed by atoms with E-state index >= 15 is 0 Å². The van der Waals surface area contributed by atoms with E-state index in [2.05, 4.69) is 63.2 Å². The zero-order valence-electron chi connectivity index (χ0n) is 20.1. The van der Waals surface area contributed by atoms with Gasteiger partial charge in [0, 0.05) is 43.5 Å². The summed E-state index contributed by atoms with van der Waals surface area (Å²) in [6.45, 7) is 5.15. The Hall–Kier alpha value is -2.03. The lowest BCUT2D eigenvalue weighted by atomic mass is 9.41. The van der Waals surface area contributed by atoms with Crippen LogP contribution in [0, 0.1) is 28.6 Å². The van der Waals surface area contributed by atoms with Gasteiger partial charge in [0.05, 0.1) is 12.4 Å². The minimum absolute atomic E-state index is 0.131. The fourth-order valence-corrected chi connectivity index (χ4v) is 8.69. The Morgan fingerprint density at radius 3 is 2.84 bits per heavy atom. The number of ether oxygens (including phenoxy) is 1. The normalized spacial score (nSPS) is 39.2. The van der Waals surface area contributed by atoms with Gasteiger partial charge in [-0.15, -0.1) is 0 Å². The summed E-state index contributed by atoms with van der Waals surface area (Å²) in [5, 5.41) is 0. The van der Waals surface area contributed by atoms with Gasteiger partial charge in [-0.25, -0.2) is 0 Å². The van der Waals surface area contributed by atoms with Crippen LogP contribution >= 0.6 is 0 Å². The molecule has 0 N–H and O–H groups in total. The molecule has 6 atom stereocenters. The fraction of sp³-hybridized carbons (Fsp3) is 0.621. The minimum atomic E-state index is -0.131. The number of fused-ring (bicyclic) bond motifs is 4. The number of carbonyl (C=O) groups excluding carboxylic acids is 1. The Morgan fingerprint density at radius 2 is 2.06 bits per heavy atom. The first-order valence-corrected chi connectivity index (χ1v) is 12.7. The van der Waals surface area contributed by atoms with E-state index < -0.39 is 0 Å². The molecule has 0 aromatic heterocycles. The van der Waals surface area contributed by atoms with Crippen LogP contribution in [0.25, 0.3) is 0 Å². The number of nitrogens with zero attached hydrogens (tertiary/aromatic N) is 1. The third kappa shape index (κ3) is 2.63. The highest BCUT2D eigenvalue weighted by Gasteiger charge is 2.64. The number of hydrogen-bond acceptors (Lipinski definition) is 3. The Kier molecular flexibility index (Phi) is 4.49. The lowest BCUT2D eigenvalue weighted by molar-refractivity contribution is -0.133. The smallest absolute Gasteiger partial charge is 0.139 e. The first-order valence-electron chi connectivity index (χ1n) is 12.7. The third-order valence-corrected chi connectivity index (χ3v) is 10.0. The van der Waals surface area contributed by atoms with Crippen molar-refractivity contribution in [3.05, 3.63) is 52.8 Å². The van der Waals surface area contributed by atoms with Crippen LogP contribution in [-0.2, 0) is 16.0 Å². The van der Waals surface area contributed by atoms with Crippen LogP contribution in [0.4, 0.5) is 5.69 Å². The number of hydrogen-bond donors (Lipinski definition) is 0. The van der Waals surface area contributed by atoms with E-state index in [1.54, 1.807) is 0 Å². The van der Waals surface area contributed by atoms with Crippen LogP contribution in [-0.4, -0.2) is 26.5 Å². The predicted octanol–water partition coefficient (Wildman–Crippen LogP) is 6.04. The maximum Gasteiger partial charge on any atom is 0.139 e. The molecule has 0 saturated heterocycles. The zero-order valence-corrected chi connectivity index (χ0v) is 20.1. The van der Waals surface area contributed by atoms with Crippen molar-refractivity contribution in [3.63, 3.8) is 0 Å². The van der Waals surface area contributed by atoms with Crippen molar-refractivity contribution >= 4 is 11.5 Å². The van der Waals surface area contributed by atoms with Crippen LogP contribution in [0.2, 0.25) is 0 Å². The standard InChI is InChI=1S/C29H37NO2/c1-5-32-21-12-13-29-16-18-14-20(30(3)4)7-9-22(18)24-17-28(2)25(10-11-26(28)31)23(27(24)29)8-6-19(29)15-21/h6-7,9,14-15,23-25,27H,5,8,10-13,16-17H2,1-4H3/t23-,24?,25+,27?,28-,29+/m0/s1. The molecular formula is C29H37NO2. The highest BCUT2D eigenvalue weighted by molar-refractivity contribution is 5.87. The number of benzene rings is 1. The zero-order chi connectivity index (χ0) is 22.3. The summed E-state index contributed by atoms with van der Waals surface area (Å²) < 4.78 is 5.99. The molecule has 0 aliphatic heterocycles. The SMILES string of the molecule is CCOC1=CC2=CC[C@@H]3C4C(C[C@]5(C)C(=O)CC[C@H]35)c3ccc(N(C)C)cc3C[C@]24CC1. The summed E-state index contributed by atoms with van der Waals surface area (Å²) in [6, 6.07) is 7.14. The van der Waals surface area contributed by atoms with E-state index in [1.807, 2.05) is 0 Å². The molecule has 1 aromatic rings. The fourth-order valence-electron chi connectivity index (χ4n) is 8.69. The molecule has 0 bridgehead atoms. The van der Waals surface area contributed by atoms with Gasteiger partial charge in [0.25, 0.3) is 0 Å². The first kappa shape index (κ1) is 20.6. The van der Waals surface area contributed by atoms with Gasteiger partial charge in [0.2, 0.25) is 0 Å². The van der Waals surface area contributed by atoms with Crippen molar-refractivity contribution in [3.8, 4) is 0 Å².